The molecule has 1 saturated carbocycles. The summed E-state index contributed by atoms with van der Waals surface area (Å²) in [4.78, 5) is 30.6. The Kier molecular flexibility index (Phi) is 5.74. The van der Waals surface area contributed by atoms with Gasteiger partial charge in [-0.2, -0.15) is 0 Å². The van der Waals surface area contributed by atoms with Crippen molar-refractivity contribution in [2.45, 2.75) is 57.9 Å². The Balaban J connectivity index is 1.35. The fraction of sp³-hybridized carbons (Fsp3) is 0.600. The van der Waals surface area contributed by atoms with Gasteiger partial charge in [0.15, 0.2) is 0 Å². The van der Waals surface area contributed by atoms with Gasteiger partial charge in [0, 0.05) is 48.0 Å². The summed E-state index contributed by atoms with van der Waals surface area (Å²) in [5, 5.41) is 4.16. The number of H-pyrrole nitrogens is 1. The number of ether oxygens (including phenoxy) is 1. The Bertz CT molecular complexity index is 972. The fourth-order valence-electron chi connectivity index (χ4n) is 5.35. The van der Waals surface area contributed by atoms with Crippen molar-refractivity contribution in [3.05, 3.63) is 35.0 Å². The molecule has 1 aromatic heterocycles. The maximum atomic E-state index is 13.2. The van der Waals surface area contributed by atoms with E-state index in [0.29, 0.717) is 24.1 Å². The number of hydrogen-bond acceptors (Lipinski definition) is 3. The number of carbonyl (C=O) groups is 2. The van der Waals surface area contributed by atoms with Gasteiger partial charge in [0.25, 0.3) is 5.91 Å². The number of benzene rings is 1. The van der Waals surface area contributed by atoms with Crippen molar-refractivity contribution >= 4 is 22.7 Å². The van der Waals surface area contributed by atoms with Crippen LogP contribution in [0.25, 0.3) is 10.9 Å². The molecule has 2 fully saturated rings. The minimum absolute atomic E-state index is 0.0582. The van der Waals surface area contributed by atoms with Gasteiger partial charge in [-0.15, -0.1) is 0 Å². The average Bonchev–Trinajstić information content (AvgIpc) is 3.54. The molecule has 0 spiro atoms. The number of rotatable bonds is 6. The van der Waals surface area contributed by atoms with Crippen molar-refractivity contribution in [2.24, 2.45) is 11.8 Å². The van der Waals surface area contributed by atoms with Crippen LogP contribution in [0.2, 0.25) is 0 Å². The highest BCUT2D eigenvalue weighted by atomic mass is 16.5. The zero-order chi connectivity index (χ0) is 21.4. The molecule has 31 heavy (non-hydrogen) atoms. The van der Waals surface area contributed by atoms with Crippen molar-refractivity contribution in [3.8, 4) is 0 Å². The van der Waals surface area contributed by atoms with Gasteiger partial charge in [-0.1, -0.05) is 0 Å². The van der Waals surface area contributed by atoms with E-state index in [0.717, 1.165) is 50.3 Å². The van der Waals surface area contributed by atoms with Gasteiger partial charge < -0.3 is 19.9 Å². The Morgan fingerprint density at radius 2 is 1.94 bits per heavy atom. The summed E-state index contributed by atoms with van der Waals surface area (Å²) < 4.78 is 5.57. The molecular weight excluding hydrogens is 390 g/mol. The van der Waals surface area contributed by atoms with E-state index in [-0.39, 0.29) is 18.4 Å². The van der Waals surface area contributed by atoms with Crippen LogP contribution in [0.3, 0.4) is 0 Å². The van der Waals surface area contributed by atoms with E-state index in [2.05, 4.69) is 10.3 Å². The van der Waals surface area contributed by atoms with Crippen molar-refractivity contribution in [1.82, 2.24) is 15.2 Å². The van der Waals surface area contributed by atoms with Gasteiger partial charge >= 0.3 is 0 Å². The van der Waals surface area contributed by atoms with Gasteiger partial charge in [-0.25, -0.2) is 0 Å². The molecule has 1 aromatic carbocycles. The predicted octanol–water partition coefficient (Wildman–Crippen LogP) is 3.44. The summed E-state index contributed by atoms with van der Waals surface area (Å²) in [5.41, 5.74) is 4.51. The molecule has 0 bridgehead atoms. The highest BCUT2D eigenvalue weighted by molar-refractivity contribution is 6.00. The second-order valence-corrected chi connectivity index (χ2v) is 9.46. The van der Waals surface area contributed by atoms with E-state index >= 15 is 0 Å². The molecule has 2 aliphatic carbocycles. The number of carbonyl (C=O) groups excluding carboxylic acids is 2. The number of likely N-dealkylation sites (N-methyl/N-ethyl adjacent to an activating group) is 1. The summed E-state index contributed by atoms with van der Waals surface area (Å²) >= 11 is 0. The Morgan fingerprint density at radius 1 is 1.13 bits per heavy atom. The lowest BCUT2D eigenvalue weighted by atomic mass is 9.75. The molecule has 166 valence electrons. The summed E-state index contributed by atoms with van der Waals surface area (Å²) in [6.45, 7) is 4.36. The first-order valence-electron chi connectivity index (χ1n) is 11.9. The monoisotopic (exact) mass is 423 g/mol. The molecule has 1 aliphatic heterocycles. The summed E-state index contributed by atoms with van der Waals surface area (Å²) in [5.74, 6) is 1.32. The van der Waals surface area contributed by atoms with Crippen LogP contribution in [-0.2, 0) is 22.4 Å². The minimum Gasteiger partial charge on any atom is -0.381 e. The molecule has 2 amide bonds. The predicted molar refractivity (Wildman–Crippen MR) is 120 cm³/mol. The number of aryl methyl sites for hydroxylation is 1. The van der Waals surface area contributed by atoms with Crippen LogP contribution in [0.15, 0.2) is 18.2 Å². The van der Waals surface area contributed by atoms with Crippen LogP contribution in [0, 0.1) is 11.8 Å². The van der Waals surface area contributed by atoms with E-state index in [9.17, 15) is 9.59 Å². The molecule has 6 nitrogen and oxygen atoms in total. The second kappa shape index (κ2) is 8.65. The minimum atomic E-state index is -0.0675. The highest BCUT2D eigenvalue weighted by Crippen LogP contribution is 2.38. The van der Waals surface area contributed by atoms with Crippen LogP contribution in [-0.4, -0.2) is 54.0 Å². The summed E-state index contributed by atoms with van der Waals surface area (Å²) in [6.07, 6.45) is 7.83. The fourth-order valence-corrected chi connectivity index (χ4v) is 5.35. The topological polar surface area (TPSA) is 74.4 Å². The first-order valence-corrected chi connectivity index (χ1v) is 11.9. The zero-order valence-electron chi connectivity index (χ0n) is 18.4. The largest absolute Gasteiger partial charge is 0.381 e. The number of nitrogens with zero attached hydrogens (tertiary/aromatic N) is 1. The molecule has 3 aliphatic rings. The van der Waals surface area contributed by atoms with E-state index in [1.807, 2.05) is 25.1 Å². The lowest BCUT2D eigenvalue weighted by Gasteiger charge is -2.33. The number of aromatic nitrogens is 1. The van der Waals surface area contributed by atoms with E-state index in [1.165, 1.54) is 35.9 Å². The highest BCUT2D eigenvalue weighted by Gasteiger charge is 2.30. The summed E-state index contributed by atoms with van der Waals surface area (Å²) in [7, 11) is 0. The zero-order valence-corrected chi connectivity index (χ0v) is 18.4. The van der Waals surface area contributed by atoms with E-state index in [4.69, 9.17) is 4.74 Å². The first kappa shape index (κ1) is 20.6. The van der Waals surface area contributed by atoms with E-state index in [1.54, 1.807) is 4.90 Å². The SMILES string of the molecule is CCN(CC(=O)NC1CC1)C(=O)c1ccc2[nH]c3c(c2c1)CC(C1CCOCC1)CC3. The number of nitrogens with one attached hydrogen (secondary N) is 2. The van der Waals surface area contributed by atoms with Crippen molar-refractivity contribution in [3.63, 3.8) is 0 Å². The molecule has 1 saturated heterocycles. The van der Waals surface area contributed by atoms with Gasteiger partial charge in [0.05, 0.1) is 6.54 Å². The molecule has 2 N–H and O–H groups in total. The molecule has 2 heterocycles. The number of hydrogen-bond donors (Lipinski definition) is 2. The van der Waals surface area contributed by atoms with Crippen LogP contribution >= 0.6 is 0 Å². The Labute approximate surface area is 183 Å². The van der Waals surface area contributed by atoms with Crippen molar-refractivity contribution < 1.29 is 14.3 Å². The number of fused-ring (bicyclic) bond motifs is 3. The van der Waals surface area contributed by atoms with Gasteiger partial charge in [-0.3, -0.25) is 9.59 Å². The third-order valence-electron chi connectivity index (χ3n) is 7.35. The second-order valence-electron chi connectivity index (χ2n) is 9.46. The molecule has 2 aromatic rings. The third-order valence-corrected chi connectivity index (χ3v) is 7.35. The first-order chi connectivity index (χ1) is 15.1. The van der Waals surface area contributed by atoms with Gasteiger partial charge in [-0.05, 0) is 87.5 Å². The quantitative estimate of drug-likeness (QED) is 0.747. The molecule has 0 radical (unpaired) electrons. The Morgan fingerprint density at radius 3 is 2.68 bits per heavy atom. The molecule has 6 heteroatoms. The lowest BCUT2D eigenvalue weighted by Crippen LogP contribution is -2.41. The van der Waals surface area contributed by atoms with Crippen molar-refractivity contribution in [2.75, 3.05) is 26.3 Å². The lowest BCUT2D eigenvalue weighted by molar-refractivity contribution is -0.121. The molecule has 1 unspecified atom stereocenters. The van der Waals surface area contributed by atoms with Crippen LogP contribution in [0.4, 0.5) is 0 Å². The number of amides is 2. The van der Waals surface area contributed by atoms with Gasteiger partial charge in [0.1, 0.15) is 0 Å². The van der Waals surface area contributed by atoms with Crippen LogP contribution in [0.5, 0.6) is 0 Å². The Hall–Kier alpha value is -2.34. The smallest absolute Gasteiger partial charge is 0.254 e. The third kappa shape index (κ3) is 4.36. The molecular formula is C25H33N3O3. The standard InChI is InChI=1S/C25H33N3O3/c1-2-28(15-24(29)26-19-5-6-19)25(30)18-4-8-23-21(14-18)20-13-17(3-7-22(20)27-23)16-9-11-31-12-10-16/h4,8,14,16-17,19,27H,2-3,5-7,9-13,15H2,1H3,(H,26,29). The van der Waals surface area contributed by atoms with E-state index < -0.39 is 0 Å². The van der Waals surface area contributed by atoms with Gasteiger partial charge in [0.2, 0.25) is 5.91 Å². The van der Waals surface area contributed by atoms with Crippen molar-refractivity contribution in [1.29, 1.82) is 0 Å². The summed E-state index contributed by atoms with van der Waals surface area (Å²) in [6, 6.07) is 6.28. The maximum absolute atomic E-state index is 13.2. The van der Waals surface area contributed by atoms with Crippen LogP contribution < -0.4 is 5.32 Å². The number of aromatic amines is 1. The maximum Gasteiger partial charge on any atom is 0.254 e. The normalized spacial score (nSPS) is 21.6. The molecule has 5 rings (SSSR count). The molecule has 1 atom stereocenters. The van der Waals surface area contributed by atoms with Crippen LogP contribution in [0.1, 0.15) is 60.6 Å². The average molecular weight is 424 g/mol.